The summed E-state index contributed by atoms with van der Waals surface area (Å²) < 4.78 is 4.82. The molecular weight excluding hydrogens is 242 g/mol. The number of hydrogen-bond donors (Lipinski definition) is 0. The van der Waals surface area contributed by atoms with E-state index < -0.39 is 5.97 Å². The number of fused-ring (bicyclic) bond motifs is 1. The molecule has 19 heavy (non-hydrogen) atoms. The van der Waals surface area contributed by atoms with Crippen molar-refractivity contribution >= 4 is 11.7 Å². The first kappa shape index (κ1) is 12.0. The molecule has 0 radical (unpaired) electrons. The highest BCUT2D eigenvalue weighted by molar-refractivity contribution is 6.38. The number of carbonyl (C=O) groups excluding carboxylic acids is 1. The van der Waals surface area contributed by atoms with Crippen LogP contribution in [0.4, 0.5) is 0 Å². The molecule has 3 rings (SSSR count). The van der Waals surface area contributed by atoms with Gasteiger partial charge in [0.15, 0.2) is 5.71 Å². The fourth-order valence-electron chi connectivity index (χ4n) is 2.80. The number of hydrogen-bond acceptors (Lipinski definition) is 4. The Morgan fingerprint density at radius 2 is 2.16 bits per heavy atom. The highest BCUT2D eigenvalue weighted by Crippen LogP contribution is 2.39. The lowest BCUT2D eigenvalue weighted by atomic mass is 9.79. The van der Waals surface area contributed by atoms with Crippen LogP contribution in [-0.4, -0.2) is 24.9 Å². The van der Waals surface area contributed by atoms with E-state index in [9.17, 15) is 4.79 Å². The van der Waals surface area contributed by atoms with Gasteiger partial charge in [-0.1, -0.05) is 41.6 Å². The zero-order valence-electron chi connectivity index (χ0n) is 10.7. The molecule has 0 unspecified atom stereocenters. The van der Waals surface area contributed by atoms with E-state index in [1.165, 1.54) is 7.11 Å². The van der Waals surface area contributed by atoms with Crippen LogP contribution in [0.3, 0.4) is 0 Å². The third-order valence-corrected chi connectivity index (χ3v) is 3.70. The fraction of sp³-hybridized carbons (Fsp3) is 0.333. The molecule has 1 aliphatic heterocycles. The Hall–Kier alpha value is -2.10. The van der Waals surface area contributed by atoms with Crippen LogP contribution in [-0.2, 0) is 14.4 Å². The van der Waals surface area contributed by atoms with Crippen molar-refractivity contribution in [2.24, 2.45) is 11.1 Å². The molecule has 0 N–H and O–H groups in total. The predicted molar refractivity (Wildman–Crippen MR) is 70.8 cm³/mol. The molecule has 0 spiro atoms. The minimum atomic E-state index is -0.417. The number of rotatable bonds is 2. The molecule has 4 nitrogen and oxygen atoms in total. The molecule has 0 bridgehead atoms. The van der Waals surface area contributed by atoms with Crippen LogP contribution >= 0.6 is 0 Å². The number of allylic oxidation sites excluding steroid dienone is 1. The van der Waals surface area contributed by atoms with Crippen LogP contribution in [0.1, 0.15) is 17.9 Å². The first-order valence-electron chi connectivity index (χ1n) is 6.35. The number of oxime groups is 1. The first-order chi connectivity index (χ1) is 9.31. The van der Waals surface area contributed by atoms with Crippen LogP contribution in [0, 0.1) is 5.92 Å². The van der Waals surface area contributed by atoms with E-state index in [0.717, 1.165) is 12.0 Å². The Labute approximate surface area is 111 Å². The normalized spacial score (nSPS) is 28.3. The number of carbonyl (C=O) groups is 1. The molecule has 3 atom stereocenters. The lowest BCUT2D eigenvalue weighted by molar-refractivity contribution is -0.133. The average molecular weight is 257 g/mol. The van der Waals surface area contributed by atoms with Crippen molar-refractivity contribution in [3.05, 3.63) is 48.0 Å². The molecule has 1 aromatic carbocycles. The van der Waals surface area contributed by atoms with Gasteiger partial charge in [-0.3, -0.25) is 0 Å². The van der Waals surface area contributed by atoms with E-state index in [2.05, 4.69) is 11.2 Å². The summed E-state index contributed by atoms with van der Waals surface area (Å²) in [4.78, 5) is 17.3. The largest absolute Gasteiger partial charge is 0.464 e. The fourth-order valence-corrected chi connectivity index (χ4v) is 2.80. The van der Waals surface area contributed by atoms with Crippen molar-refractivity contribution in [1.82, 2.24) is 0 Å². The van der Waals surface area contributed by atoms with Gasteiger partial charge >= 0.3 is 5.97 Å². The number of esters is 1. The van der Waals surface area contributed by atoms with Crippen LogP contribution < -0.4 is 0 Å². The maximum Gasteiger partial charge on any atom is 0.356 e. The van der Waals surface area contributed by atoms with Gasteiger partial charge in [-0.2, -0.15) is 0 Å². The van der Waals surface area contributed by atoms with Crippen molar-refractivity contribution in [1.29, 1.82) is 0 Å². The molecule has 0 fully saturated rings. The number of benzene rings is 1. The number of methoxy groups -OCH3 is 1. The van der Waals surface area contributed by atoms with E-state index in [-0.39, 0.29) is 17.9 Å². The van der Waals surface area contributed by atoms with Gasteiger partial charge in [0.1, 0.15) is 6.10 Å². The van der Waals surface area contributed by atoms with Gasteiger partial charge in [-0.15, -0.1) is 0 Å². The monoisotopic (exact) mass is 257 g/mol. The Kier molecular flexibility index (Phi) is 3.07. The average Bonchev–Trinajstić information content (AvgIpc) is 2.94. The maximum absolute atomic E-state index is 11.9. The second-order valence-corrected chi connectivity index (χ2v) is 4.75. The smallest absolute Gasteiger partial charge is 0.356 e. The molecular formula is C15H15NO3. The van der Waals surface area contributed by atoms with Crippen LogP contribution in [0.25, 0.3) is 0 Å². The zero-order chi connectivity index (χ0) is 13.2. The molecule has 98 valence electrons. The summed E-state index contributed by atoms with van der Waals surface area (Å²) in [6.45, 7) is 0. The summed E-state index contributed by atoms with van der Waals surface area (Å²) in [5, 5.41) is 3.99. The number of nitrogens with zero attached hydrogens (tertiary/aromatic N) is 1. The first-order valence-corrected chi connectivity index (χ1v) is 6.35. The Bertz CT molecular complexity index is 536. The summed E-state index contributed by atoms with van der Waals surface area (Å²) in [5.41, 5.74) is 1.44. The van der Waals surface area contributed by atoms with Gasteiger partial charge in [0.05, 0.1) is 7.11 Å². The van der Waals surface area contributed by atoms with Gasteiger partial charge in [0.25, 0.3) is 0 Å². The van der Waals surface area contributed by atoms with Crippen molar-refractivity contribution in [2.75, 3.05) is 7.11 Å². The zero-order valence-corrected chi connectivity index (χ0v) is 10.7. The Morgan fingerprint density at radius 3 is 2.89 bits per heavy atom. The molecule has 1 heterocycles. The second-order valence-electron chi connectivity index (χ2n) is 4.75. The molecule has 4 heteroatoms. The van der Waals surface area contributed by atoms with Gasteiger partial charge in [0, 0.05) is 11.8 Å². The summed E-state index contributed by atoms with van der Waals surface area (Å²) in [6, 6.07) is 9.93. The summed E-state index contributed by atoms with van der Waals surface area (Å²) in [5.74, 6) is -0.268. The molecule has 0 aromatic heterocycles. The molecule has 0 saturated carbocycles. The van der Waals surface area contributed by atoms with E-state index in [0.29, 0.717) is 5.71 Å². The SMILES string of the molecule is COC(=O)C1=NO[C@H]2C=CC[C@H]2[C@H]1c1ccccc1. The topological polar surface area (TPSA) is 47.9 Å². The molecule has 2 aliphatic rings. The molecule has 0 saturated heterocycles. The van der Waals surface area contributed by atoms with Crippen molar-refractivity contribution in [3.63, 3.8) is 0 Å². The second kappa shape index (κ2) is 4.88. The van der Waals surface area contributed by atoms with Gasteiger partial charge in [0.2, 0.25) is 0 Å². The molecule has 1 aromatic rings. The van der Waals surface area contributed by atoms with E-state index in [4.69, 9.17) is 9.57 Å². The Morgan fingerprint density at radius 1 is 1.37 bits per heavy atom. The molecule has 0 amide bonds. The standard InChI is InChI=1S/C15H15NO3/c1-18-15(17)14-13(10-6-3-2-4-7-10)11-8-5-9-12(11)19-16-14/h2-7,9,11-13H,8H2,1H3/t11-,12+,13-/m1/s1. The maximum atomic E-state index is 11.9. The highest BCUT2D eigenvalue weighted by Gasteiger charge is 2.42. The summed E-state index contributed by atoms with van der Waals surface area (Å²) >= 11 is 0. The van der Waals surface area contributed by atoms with Crippen LogP contribution in [0.5, 0.6) is 0 Å². The predicted octanol–water partition coefficient (Wildman–Crippen LogP) is 2.27. The minimum Gasteiger partial charge on any atom is -0.464 e. The van der Waals surface area contributed by atoms with Gasteiger partial charge in [-0.05, 0) is 18.1 Å². The van der Waals surface area contributed by atoms with E-state index >= 15 is 0 Å². The van der Waals surface area contributed by atoms with Crippen molar-refractivity contribution < 1.29 is 14.4 Å². The number of ether oxygens (including phenoxy) is 1. The highest BCUT2D eigenvalue weighted by atomic mass is 16.6. The third-order valence-electron chi connectivity index (χ3n) is 3.70. The minimum absolute atomic E-state index is 0.0430. The van der Waals surface area contributed by atoms with Crippen molar-refractivity contribution in [2.45, 2.75) is 18.4 Å². The van der Waals surface area contributed by atoms with Gasteiger partial charge in [-0.25, -0.2) is 4.79 Å². The van der Waals surface area contributed by atoms with E-state index in [1.54, 1.807) is 0 Å². The quantitative estimate of drug-likeness (QED) is 0.603. The lowest BCUT2D eigenvalue weighted by Gasteiger charge is -2.31. The summed E-state index contributed by atoms with van der Waals surface area (Å²) in [6.07, 6.45) is 4.94. The molecule has 1 aliphatic carbocycles. The Balaban J connectivity index is 2.01. The van der Waals surface area contributed by atoms with Crippen LogP contribution in [0.15, 0.2) is 47.6 Å². The lowest BCUT2D eigenvalue weighted by Crippen LogP contribution is -2.37. The van der Waals surface area contributed by atoms with Gasteiger partial charge < -0.3 is 9.57 Å². The summed E-state index contributed by atoms with van der Waals surface area (Å²) in [7, 11) is 1.37. The van der Waals surface area contributed by atoms with E-state index in [1.807, 2.05) is 36.4 Å². The third kappa shape index (κ3) is 2.03. The van der Waals surface area contributed by atoms with Crippen LogP contribution in [0.2, 0.25) is 0 Å². The van der Waals surface area contributed by atoms with Crippen molar-refractivity contribution in [3.8, 4) is 0 Å².